The van der Waals surface area contributed by atoms with E-state index in [1.165, 1.54) is 0 Å². The van der Waals surface area contributed by atoms with Crippen molar-refractivity contribution in [3.05, 3.63) is 30.6 Å². The summed E-state index contributed by atoms with van der Waals surface area (Å²) in [4.78, 5) is 2.89. The molecular weight excluding hydrogens is 74.1 g/mol. The molecule has 0 atom stereocenters. The molecule has 0 spiro atoms. The zero-order valence-electron chi connectivity index (χ0n) is 4.39. The van der Waals surface area contributed by atoms with Crippen molar-refractivity contribution in [1.82, 2.24) is 0 Å². The van der Waals surface area contributed by atoms with Crippen molar-refractivity contribution in [3.63, 3.8) is 0 Å². The first-order chi connectivity index (χ1) is 3.00. The third kappa shape index (κ3) is 0.549. The number of hydrogen-bond acceptors (Lipinski definition) is 0. The van der Waals surface area contributed by atoms with Crippen molar-refractivity contribution in [3.8, 4) is 0 Å². The second kappa shape index (κ2) is 1.55. The van der Waals surface area contributed by atoms with Gasteiger partial charge in [-0.05, 0) is 0 Å². The van der Waals surface area contributed by atoms with E-state index < -0.39 is 0 Å². The minimum absolute atomic E-state index is 0. The van der Waals surface area contributed by atoms with Gasteiger partial charge in [0.05, 0.1) is 0 Å². The van der Waals surface area contributed by atoms with Crippen LogP contribution < -0.4 is 4.98 Å². The van der Waals surface area contributed by atoms with Gasteiger partial charge in [0.1, 0.15) is 0 Å². The molecule has 0 aliphatic carbocycles. The van der Waals surface area contributed by atoms with Crippen LogP contribution in [-0.4, -0.2) is 0 Å². The quantitative estimate of drug-likeness (QED) is 0.434. The first-order valence-electron chi connectivity index (χ1n) is 1.91. The molecule has 1 rings (SSSR count). The zero-order valence-corrected chi connectivity index (χ0v) is 3.39. The lowest BCUT2D eigenvalue weighted by Crippen LogP contribution is -1.93. The molecule has 1 nitrogen and oxygen atoms in total. The monoisotopic (exact) mass is 81.1 g/mol. The standard InChI is InChI=1S/C5H5N.H/c1-2-4-6-5-3-1;/h1-5H;/q;-1/p+1. The Morgan fingerprint density at radius 3 is 1.83 bits per heavy atom. The summed E-state index contributed by atoms with van der Waals surface area (Å²) in [6, 6.07) is 5.86. The van der Waals surface area contributed by atoms with E-state index in [2.05, 4.69) is 4.98 Å². The number of aromatic amines is 1. The van der Waals surface area contributed by atoms with Gasteiger partial charge in [0.25, 0.3) is 0 Å². The number of aromatic nitrogens is 1. The summed E-state index contributed by atoms with van der Waals surface area (Å²) >= 11 is 0. The molecule has 0 radical (unpaired) electrons. The number of H-pyrrole nitrogens is 1. The van der Waals surface area contributed by atoms with Crippen LogP contribution in [-0.2, 0) is 0 Å². The molecule has 1 aromatic rings. The fraction of sp³-hybridized carbons (Fsp3) is 0. The maximum Gasteiger partial charge on any atom is 0.166 e. The normalized spacial score (nSPS) is 8.00. The summed E-state index contributed by atoms with van der Waals surface area (Å²) in [6.45, 7) is 0. The molecule has 32 valence electrons. The summed E-state index contributed by atoms with van der Waals surface area (Å²) in [5.74, 6) is 0. The largest absolute Gasteiger partial charge is 1.00 e. The summed E-state index contributed by atoms with van der Waals surface area (Å²) in [6.07, 6.45) is 3.75. The Balaban J connectivity index is 0.000000360. The summed E-state index contributed by atoms with van der Waals surface area (Å²) < 4.78 is 0. The highest BCUT2D eigenvalue weighted by molar-refractivity contribution is 4.82. The van der Waals surface area contributed by atoms with Gasteiger partial charge in [-0.3, -0.25) is 0 Å². The highest BCUT2D eigenvalue weighted by atomic mass is 14.6. The smallest absolute Gasteiger partial charge is 0.166 e. The lowest BCUT2D eigenvalue weighted by atomic mass is 10.5. The molecule has 0 saturated carbocycles. The molecule has 0 aromatic carbocycles. The van der Waals surface area contributed by atoms with Gasteiger partial charge in [0, 0.05) is 12.1 Å². The van der Waals surface area contributed by atoms with Crippen molar-refractivity contribution in [2.75, 3.05) is 0 Å². The highest BCUT2D eigenvalue weighted by Gasteiger charge is 1.65. The van der Waals surface area contributed by atoms with Gasteiger partial charge < -0.3 is 1.43 Å². The fourth-order valence-corrected chi connectivity index (χ4v) is 0.342. The number of hydrogen-bond donors (Lipinski definition) is 0. The molecule has 0 aliphatic rings. The van der Waals surface area contributed by atoms with Crippen LogP contribution in [0.5, 0.6) is 0 Å². The average Bonchev–Trinajstić information content (AvgIpc) is 1.72. The van der Waals surface area contributed by atoms with Gasteiger partial charge in [-0.25, -0.2) is 4.98 Å². The first-order valence-corrected chi connectivity index (χ1v) is 1.91. The van der Waals surface area contributed by atoms with Crippen LogP contribution in [0.25, 0.3) is 0 Å². The summed E-state index contributed by atoms with van der Waals surface area (Å²) in [5, 5.41) is 0. The maximum absolute atomic E-state index is 2.89. The molecule has 0 aliphatic heterocycles. The Hall–Kier alpha value is -0.850. The Kier molecular flexibility index (Phi) is 0.865. The van der Waals surface area contributed by atoms with Crippen molar-refractivity contribution < 1.29 is 6.41 Å². The van der Waals surface area contributed by atoms with Gasteiger partial charge in [-0.2, -0.15) is 0 Å². The molecule has 0 amide bonds. The number of pyridine rings is 1. The molecule has 1 heterocycles. The maximum atomic E-state index is 2.89. The SMILES string of the molecule is [H-].c1cc[nH+]cc1. The van der Waals surface area contributed by atoms with E-state index in [9.17, 15) is 0 Å². The van der Waals surface area contributed by atoms with E-state index in [0.717, 1.165) is 0 Å². The molecule has 0 unspecified atom stereocenters. The Morgan fingerprint density at radius 2 is 1.67 bits per heavy atom. The predicted octanol–water partition coefficient (Wildman–Crippen LogP) is 0.613. The molecule has 6 heavy (non-hydrogen) atoms. The molecule has 1 N–H and O–H groups in total. The molecule has 0 fully saturated rings. The van der Waals surface area contributed by atoms with Crippen LogP contribution in [0.1, 0.15) is 1.43 Å². The third-order valence-electron chi connectivity index (χ3n) is 0.607. The summed E-state index contributed by atoms with van der Waals surface area (Å²) in [7, 11) is 0. The van der Waals surface area contributed by atoms with Crippen LogP contribution in [0.15, 0.2) is 30.6 Å². The van der Waals surface area contributed by atoms with Crippen molar-refractivity contribution in [1.29, 1.82) is 0 Å². The van der Waals surface area contributed by atoms with Crippen LogP contribution in [0, 0.1) is 0 Å². The van der Waals surface area contributed by atoms with E-state index in [-0.39, 0.29) is 1.43 Å². The second-order valence-electron chi connectivity index (χ2n) is 1.08. The third-order valence-corrected chi connectivity index (χ3v) is 0.607. The molecule has 0 saturated heterocycles. The van der Waals surface area contributed by atoms with Gasteiger partial charge in [0.15, 0.2) is 12.4 Å². The molecule has 0 bridgehead atoms. The zero-order chi connectivity index (χ0) is 4.24. The molecule has 1 aromatic heterocycles. The van der Waals surface area contributed by atoms with E-state index in [0.29, 0.717) is 0 Å². The Bertz CT molecular complexity index is 80.0. The Morgan fingerprint density at radius 1 is 1.00 bits per heavy atom. The van der Waals surface area contributed by atoms with Gasteiger partial charge in [-0.1, -0.05) is 6.07 Å². The number of rotatable bonds is 0. The van der Waals surface area contributed by atoms with Gasteiger partial charge >= 0.3 is 0 Å². The Labute approximate surface area is 38.1 Å². The van der Waals surface area contributed by atoms with E-state index >= 15 is 0 Å². The molecule has 1 heteroatoms. The predicted molar refractivity (Wildman–Crippen MR) is 24.1 cm³/mol. The molecular formula is C5H7N. The minimum atomic E-state index is 0. The highest BCUT2D eigenvalue weighted by Crippen LogP contribution is 1.68. The van der Waals surface area contributed by atoms with Crippen LogP contribution in [0.3, 0.4) is 0 Å². The van der Waals surface area contributed by atoms with Crippen molar-refractivity contribution >= 4 is 0 Å². The van der Waals surface area contributed by atoms with E-state index in [1.54, 1.807) is 0 Å². The van der Waals surface area contributed by atoms with Crippen LogP contribution in [0.2, 0.25) is 0 Å². The fourth-order valence-electron chi connectivity index (χ4n) is 0.342. The average molecular weight is 81.1 g/mol. The van der Waals surface area contributed by atoms with Gasteiger partial charge in [0.2, 0.25) is 0 Å². The lowest BCUT2D eigenvalue weighted by Gasteiger charge is -1.63. The van der Waals surface area contributed by atoms with Crippen molar-refractivity contribution in [2.45, 2.75) is 0 Å². The first kappa shape index (κ1) is 3.34. The van der Waals surface area contributed by atoms with Crippen LogP contribution >= 0.6 is 0 Å². The minimum Gasteiger partial charge on any atom is -1.00 e. The number of nitrogens with one attached hydrogen (secondary N) is 1. The van der Waals surface area contributed by atoms with Gasteiger partial charge in [-0.15, -0.1) is 0 Å². The van der Waals surface area contributed by atoms with Crippen LogP contribution in [0.4, 0.5) is 0 Å². The summed E-state index contributed by atoms with van der Waals surface area (Å²) in [5.41, 5.74) is 0. The van der Waals surface area contributed by atoms with E-state index in [1.807, 2.05) is 30.6 Å². The van der Waals surface area contributed by atoms with Crippen molar-refractivity contribution in [2.24, 2.45) is 0 Å². The topological polar surface area (TPSA) is 14.1 Å². The van der Waals surface area contributed by atoms with E-state index in [4.69, 9.17) is 0 Å². The second-order valence-corrected chi connectivity index (χ2v) is 1.08. The lowest BCUT2D eigenvalue weighted by molar-refractivity contribution is -0.377.